The average molecular weight is 511 g/mol. The van der Waals surface area contributed by atoms with Gasteiger partial charge in [-0.25, -0.2) is 0 Å². The first-order valence-corrected chi connectivity index (χ1v) is 12.1. The molecule has 1 saturated heterocycles. The summed E-state index contributed by atoms with van der Waals surface area (Å²) in [7, 11) is 1.57. The number of aromatic hydroxyl groups is 2. The van der Waals surface area contributed by atoms with Crippen LogP contribution in [0.1, 0.15) is 22.3 Å². The average Bonchev–Trinajstić information content (AvgIpc) is 2.90. The van der Waals surface area contributed by atoms with E-state index in [2.05, 4.69) is 0 Å². The highest BCUT2D eigenvalue weighted by Crippen LogP contribution is 2.46. The predicted molar refractivity (Wildman–Crippen MR) is 133 cm³/mol. The van der Waals surface area contributed by atoms with Crippen LogP contribution in [0.15, 0.2) is 48.5 Å². The Bertz CT molecular complexity index is 1270. The van der Waals surface area contributed by atoms with Gasteiger partial charge in [0.15, 0.2) is 0 Å². The first-order chi connectivity index (χ1) is 17.8. The van der Waals surface area contributed by atoms with E-state index in [1.807, 2.05) is 18.2 Å². The van der Waals surface area contributed by atoms with Crippen LogP contribution in [0.25, 0.3) is 11.1 Å². The van der Waals surface area contributed by atoms with Gasteiger partial charge in [-0.1, -0.05) is 18.2 Å². The number of aliphatic hydroxyl groups is 4. The van der Waals surface area contributed by atoms with Gasteiger partial charge in [0.1, 0.15) is 47.4 Å². The molecule has 9 heteroatoms. The monoisotopic (exact) mass is 510 g/mol. The lowest BCUT2D eigenvalue weighted by Gasteiger charge is -2.39. The van der Waals surface area contributed by atoms with Gasteiger partial charge in [0, 0.05) is 23.6 Å². The molecular weight excluding hydrogens is 480 g/mol. The van der Waals surface area contributed by atoms with E-state index in [4.69, 9.17) is 14.2 Å². The smallest absolute Gasteiger partial charge is 0.229 e. The van der Waals surface area contributed by atoms with E-state index in [9.17, 15) is 30.6 Å². The standard InChI is InChI=1S/C28H30O9/c1-35-22-12-21(31)20(19-8-4-15-11-16(30)5-9-18(15)24(19)22)10-14-2-6-17(7-3-14)36-28-27(34)26(33)25(32)23(13-29)37-28/h2-3,5-7,9,11-12,23,25-34H,4,8,10,13H2,1H3/t23-,25+,26+,27-,28-/m1/s1. The second kappa shape index (κ2) is 10.2. The van der Waals surface area contributed by atoms with Gasteiger partial charge in [-0.3, -0.25) is 0 Å². The van der Waals surface area contributed by atoms with Gasteiger partial charge in [0.25, 0.3) is 0 Å². The van der Waals surface area contributed by atoms with E-state index in [-0.39, 0.29) is 11.5 Å². The summed E-state index contributed by atoms with van der Waals surface area (Å²) in [5.74, 6) is 1.29. The fraction of sp³-hybridized carbons (Fsp3) is 0.357. The van der Waals surface area contributed by atoms with E-state index in [1.54, 1.807) is 37.4 Å². The molecule has 0 spiro atoms. The maximum atomic E-state index is 10.9. The third kappa shape index (κ3) is 4.72. The van der Waals surface area contributed by atoms with E-state index in [0.29, 0.717) is 24.3 Å². The lowest BCUT2D eigenvalue weighted by molar-refractivity contribution is -0.277. The first-order valence-electron chi connectivity index (χ1n) is 12.1. The molecule has 0 saturated carbocycles. The zero-order valence-corrected chi connectivity index (χ0v) is 20.2. The molecule has 196 valence electrons. The normalized spacial score (nSPS) is 24.7. The van der Waals surface area contributed by atoms with Crippen LogP contribution in [-0.4, -0.2) is 75.1 Å². The zero-order valence-electron chi connectivity index (χ0n) is 20.2. The number of benzene rings is 3. The third-order valence-corrected chi connectivity index (χ3v) is 7.12. The second-order valence-electron chi connectivity index (χ2n) is 9.41. The molecule has 5 rings (SSSR count). The van der Waals surface area contributed by atoms with Gasteiger partial charge in [-0.05, 0) is 59.4 Å². The second-order valence-corrected chi connectivity index (χ2v) is 9.41. The van der Waals surface area contributed by atoms with Gasteiger partial charge in [-0.2, -0.15) is 0 Å². The number of hydrogen-bond acceptors (Lipinski definition) is 9. The van der Waals surface area contributed by atoms with Gasteiger partial charge >= 0.3 is 0 Å². The number of hydrogen-bond donors (Lipinski definition) is 6. The Morgan fingerprint density at radius 1 is 0.919 bits per heavy atom. The van der Waals surface area contributed by atoms with Crippen molar-refractivity contribution in [2.45, 2.75) is 50.0 Å². The largest absolute Gasteiger partial charge is 0.508 e. The van der Waals surface area contributed by atoms with Crippen molar-refractivity contribution in [3.63, 3.8) is 0 Å². The number of aryl methyl sites for hydroxylation is 1. The highest BCUT2D eigenvalue weighted by Gasteiger charge is 2.44. The Labute approximate surface area is 213 Å². The Kier molecular flexibility index (Phi) is 6.98. The molecule has 0 aromatic heterocycles. The molecule has 1 aliphatic carbocycles. The molecule has 3 aromatic carbocycles. The van der Waals surface area contributed by atoms with Gasteiger partial charge in [0.05, 0.1) is 13.7 Å². The van der Waals surface area contributed by atoms with Gasteiger partial charge in [-0.15, -0.1) is 0 Å². The number of fused-ring (bicyclic) bond motifs is 3. The van der Waals surface area contributed by atoms with Crippen molar-refractivity contribution in [3.05, 3.63) is 70.8 Å². The maximum Gasteiger partial charge on any atom is 0.229 e. The lowest BCUT2D eigenvalue weighted by Crippen LogP contribution is -2.60. The zero-order chi connectivity index (χ0) is 26.3. The van der Waals surface area contributed by atoms with E-state index < -0.39 is 37.3 Å². The molecule has 3 aromatic rings. The first kappa shape index (κ1) is 25.3. The molecule has 37 heavy (non-hydrogen) atoms. The third-order valence-electron chi connectivity index (χ3n) is 7.12. The molecule has 1 fully saturated rings. The predicted octanol–water partition coefficient (Wildman–Crippen LogP) is 1.64. The SMILES string of the molecule is COc1cc(O)c(Cc2ccc(O[C@@H]3O[C@H](CO)[C@H](O)[C@H](O)[C@H]3O)cc2)c2c1-c1ccc(O)cc1CC2. The van der Waals surface area contributed by atoms with Crippen LogP contribution in [0.5, 0.6) is 23.0 Å². The molecule has 0 bridgehead atoms. The number of phenols is 2. The van der Waals surface area contributed by atoms with Crippen LogP contribution in [0, 0.1) is 0 Å². The summed E-state index contributed by atoms with van der Waals surface area (Å²) in [6, 6.07) is 13.9. The van der Waals surface area contributed by atoms with Crippen molar-refractivity contribution in [3.8, 4) is 34.1 Å². The molecule has 9 nitrogen and oxygen atoms in total. The maximum absolute atomic E-state index is 10.9. The number of methoxy groups -OCH3 is 1. The van der Waals surface area contributed by atoms with Gasteiger partial charge < -0.3 is 44.8 Å². The van der Waals surface area contributed by atoms with Crippen molar-refractivity contribution in [2.75, 3.05) is 13.7 Å². The molecular formula is C28H30O9. The molecule has 0 amide bonds. The summed E-state index contributed by atoms with van der Waals surface area (Å²) in [4.78, 5) is 0. The molecule has 1 aliphatic heterocycles. The van der Waals surface area contributed by atoms with Crippen LogP contribution in [0.4, 0.5) is 0 Å². The minimum atomic E-state index is -1.52. The van der Waals surface area contributed by atoms with Crippen LogP contribution in [-0.2, 0) is 24.0 Å². The number of rotatable bonds is 6. The van der Waals surface area contributed by atoms with Crippen molar-refractivity contribution in [1.29, 1.82) is 0 Å². The Balaban J connectivity index is 1.39. The van der Waals surface area contributed by atoms with E-state index in [0.717, 1.165) is 39.8 Å². The van der Waals surface area contributed by atoms with Crippen molar-refractivity contribution >= 4 is 0 Å². The quantitative estimate of drug-likeness (QED) is 0.291. The van der Waals surface area contributed by atoms with Crippen LogP contribution in [0.3, 0.4) is 0 Å². The molecule has 5 atom stereocenters. The molecule has 6 N–H and O–H groups in total. The summed E-state index contributed by atoms with van der Waals surface area (Å²) in [5, 5.41) is 60.3. The van der Waals surface area contributed by atoms with E-state index >= 15 is 0 Å². The molecule has 0 radical (unpaired) electrons. The Hall–Kier alpha value is -3.34. The molecule has 2 aliphatic rings. The van der Waals surface area contributed by atoms with E-state index in [1.165, 1.54) is 0 Å². The summed E-state index contributed by atoms with van der Waals surface area (Å²) < 4.78 is 16.7. The van der Waals surface area contributed by atoms with Crippen molar-refractivity contribution in [2.24, 2.45) is 0 Å². The van der Waals surface area contributed by atoms with Crippen molar-refractivity contribution < 1.29 is 44.8 Å². The number of phenolic OH excluding ortho intramolecular Hbond substituents is 2. The Morgan fingerprint density at radius 3 is 2.38 bits per heavy atom. The number of ether oxygens (including phenoxy) is 3. The van der Waals surface area contributed by atoms with Gasteiger partial charge in [0.2, 0.25) is 6.29 Å². The summed E-state index contributed by atoms with van der Waals surface area (Å²) in [5.41, 5.74) is 5.60. The minimum Gasteiger partial charge on any atom is -0.508 e. The van der Waals surface area contributed by atoms with Crippen LogP contribution >= 0.6 is 0 Å². The number of aliphatic hydroxyl groups excluding tert-OH is 4. The topological polar surface area (TPSA) is 149 Å². The summed E-state index contributed by atoms with van der Waals surface area (Å²) in [6.07, 6.45) is -4.93. The fourth-order valence-corrected chi connectivity index (χ4v) is 5.15. The highest BCUT2D eigenvalue weighted by molar-refractivity contribution is 5.81. The van der Waals surface area contributed by atoms with Crippen LogP contribution < -0.4 is 9.47 Å². The minimum absolute atomic E-state index is 0.138. The van der Waals surface area contributed by atoms with Crippen molar-refractivity contribution in [1.82, 2.24) is 0 Å². The van der Waals surface area contributed by atoms with Crippen LogP contribution in [0.2, 0.25) is 0 Å². The summed E-state index contributed by atoms with van der Waals surface area (Å²) >= 11 is 0. The highest BCUT2D eigenvalue weighted by atomic mass is 16.7. The molecule has 0 unspecified atom stereocenters. The Morgan fingerprint density at radius 2 is 1.68 bits per heavy atom. The lowest BCUT2D eigenvalue weighted by atomic mass is 9.81. The molecule has 1 heterocycles. The fourth-order valence-electron chi connectivity index (χ4n) is 5.15. The summed E-state index contributed by atoms with van der Waals surface area (Å²) in [6.45, 7) is -0.537.